The minimum Gasteiger partial charge on any atom is -0.449 e. The summed E-state index contributed by atoms with van der Waals surface area (Å²) in [6.07, 6.45) is 8.76. The van der Waals surface area contributed by atoms with E-state index in [2.05, 4.69) is 14.9 Å². The molecular formula is C25H30N4O3. The number of carbonyl (C=O) groups excluding carboxylic acids is 2. The highest BCUT2D eigenvalue weighted by Gasteiger charge is 2.49. The highest BCUT2D eigenvalue weighted by atomic mass is 16.6. The minimum absolute atomic E-state index is 0.00502. The van der Waals surface area contributed by atoms with E-state index in [0.717, 1.165) is 50.1 Å². The summed E-state index contributed by atoms with van der Waals surface area (Å²) >= 11 is 0. The number of amides is 1. The smallest absolute Gasteiger partial charge is 0.358 e. The Morgan fingerprint density at radius 1 is 1.22 bits per heavy atom. The molecule has 2 fully saturated rings. The molecule has 1 amide bonds. The van der Waals surface area contributed by atoms with E-state index in [-0.39, 0.29) is 17.8 Å². The number of likely N-dealkylation sites (tertiary alicyclic amines) is 1. The second-order valence-electron chi connectivity index (χ2n) is 9.30. The van der Waals surface area contributed by atoms with Gasteiger partial charge in [0.2, 0.25) is 5.91 Å². The molecule has 1 spiro atoms. The molecule has 7 heteroatoms. The zero-order valence-corrected chi connectivity index (χ0v) is 18.6. The van der Waals surface area contributed by atoms with Crippen LogP contribution in [0.1, 0.15) is 54.6 Å². The third-order valence-electron chi connectivity index (χ3n) is 7.29. The molecule has 4 heterocycles. The van der Waals surface area contributed by atoms with E-state index in [9.17, 15) is 9.59 Å². The molecule has 7 nitrogen and oxygen atoms in total. The van der Waals surface area contributed by atoms with Gasteiger partial charge in [0.05, 0.1) is 5.69 Å². The van der Waals surface area contributed by atoms with Gasteiger partial charge in [0.25, 0.3) is 0 Å². The minimum atomic E-state index is -0.641. The Kier molecular flexibility index (Phi) is 5.67. The average Bonchev–Trinajstić information content (AvgIpc) is 3.45. The molecule has 0 N–H and O–H groups in total. The predicted molar refractivity (Wildman–Crippen MR) is 120 cm³/mol. The molecule has 0 bridgehead atoms. The molecule has 168 valence electrons. The Morgan fingerprint density at radius 2 is 2.00 bits per heavy atom. The number of likely N-dealkylation sites (N-methyl/N-ethyl adjacent to an activating group) is 1. The summed E-state index contributed by atoms with van der Waals surface area (Å²) in [5.41, 5.74) is 2.21. The van der Waals surface area contributed by atoms with Crippen LogP contribution in [0.5, 0.6) is 0 Å². The SMILES string of the molecule is CN(CCN1CCCC1)C(=O)[C@H]1CC[C@@]2(CC1)OC(=O)c1nc(-c3cccnc3)ccc12. The van der Waals surface area contributed by atoms with Crippen molar-refractivity contribution in [1.29, 1.82) is 0 Å². The van der Waals surface area contributed by atoms with Crippen molar-refractivity contribution in [3.05, 3.63) is 47.9 Å². The lowest BCUT2D eigenvalue weighted by Gasteiger charge is -2.37. The Labute approximate surface area is 188 Å². The van der Waals surface area contributed by atoms with E-state index < -0.39 is 5.60 Å². The topological polar surface area (TPSA) is 75.6 Å². The predicted octanol–water partition coefficient (Wildman–Crippen LogP) is 3.25. The number of hydrogen-bond acceptors (Lipinski definition) is 6. The summed E-state index contributed by atoms with van der Waals surface area (Å²) in [7, 11) is 1.91. The fraction of sp³-hybridized carbons (Fsp3) is 0.520. The van der Waals surface area contributed by atoms with E-state index >= 15 is 0 Å². The van der Waals surface area contributed by atoms with Crippen LogP contribution >= 0.6 is 0 Å². The molecule has 1 aliphatic carbocycles. The lowest BCUT2D eigenvalue weighted by molar-refractivity contribution is -0.137. The number of carbonyl (C=O) groups is 2. The van der Waals surface area contributed by atoms with Crippen molar-refractivity contribution in [1.82, 2.24) is 19.8 Å². The molecule has 0 atom stereocenters. The van der Waals surface area contributed by atoms with Crippen LogP contribution in [-0.2, 0) is 15.1 Å². The first kappa shape index (κ1) is 21.1. The Hall–Kier alpha value is -2.80. The molecule has 2 aromatic heterocycles. The number of esters is 1. The van der Waals surface area contributed by atoms with E-state index in [4.69, 9.17) is 4.74 Å². The molecule has 0 unspecified atom stereocenters. The molecule has 1 saturated carbocycles. The summed E-state index contributed by atoms with van der Waals surface area (Å²) in [6, 6.07) is 7.68. The van der Waals surface area contributed by atoms with Crippen LogP contribution in [0.25, 0.3) is 11.3 Å². The van der Waals surface area contributed by atoms with Crippen LogP contribution in [-0.4, -0.2) is 64.9 Å². The molecule has 2 aromatic rings. The summed E-state index contributed by atoms with van der Waals surface area (Å²) in [5.74, 6) is -0.151. The number of pyridine rings is 2. The number of aromatic nitrogens is 2. The van der Waals surface area contributed by atoms with Gasteiger partial charge in [-0.25, -0.2) is 9.78 Å². The maximum atomic E-state index is 13.0. The third kappa shape index (κ3) is 3.90. The van der Waals surface area contributed by atoms with Crippen LogP contribution in [0.2, 0.25) is 0 Å². The molecule has 0 radical (unpaired) electrons. The number of hydrogen-bond donors (Lipinski definition) is 0. The van der Waals surface area contributed by atoms with Crippen LogP contribution in [0.15, 0.2) is 36.7 Å². The summed E-state index contributed by atoms with van der Waals surface area (Å²) < 4.78 is 5.91. The number of rotatable bonds is 5. The van der Waals surface area contributed by atoms with E-state index in [1.807, 2.05) is 36.2 Å². The third-order valence-corrected chi connectivity index (χ3v) is 7.29. The Morgan fingerprint density at radius 3 is 2.72 bits per heavy atom. The zero-order valence-electron chi connectivity index (χ0n) is 18.6. The van der Waals surface area contributed by atoms with Gasteiger partial charge in [-0.2, -0.15) is 0 Å². The van der Waals surface area contributed by atoms with Crippen molar-refractivity contribution in [2.75, 3.05) is 33.2 Å². The van der Waals surface area contributed by atoms with Gasteiger partial charge in [-0.1, -0.05) is 6.07 Å². The summed E-state index contributed by atoms with van der Waals surface area (Å²) in [6.45, 7) is 4.03. The molecule has 2 aliphatic heterocycles. The van der Waals surface area contributed by atoms with E-state index in [1.54, 1.807) is 12.4 Å². The van der Waals surface area contributed by atoms with Crippen molar-refractivity contribution in [2.45, 2.75) is 44.1 Å². The maximum Gasteiger partial charge on any atom is 0.358 e. The molecule has 0 aromatic carbocycles. The lowest BCUT2D eigenvalue weighted by atomic mass is 9.75. The van der Waals surface area contributed by atoms with Crippen molar-refractivity contribution in [3.8, 4) is 11.3 Å². The molecule has 5 rings (SSSR count). The van der Waals surface area contributed by atoms with Crippen molar-refractivity contribution >= 4 is 11.9 Å². The highest BCUT2D eigenvalue weighted by Crippen LogP contribution is 2.48. The van der Waals surface area contributed by atoms with Gasteiger partial charge >= 0.3 is 5.97 Å². The number of nitrogens with zero attached hydrogens (tertiary/aromatic N) is 4. The molecule has 3 aliphatic rings. The average molecular weight is 435 g/mol. The largest absolute Gasteiger partial charge is 0.449 e. The molecule has 1 saturated heterocycles. The second-order valence-corrected chi connectivity index (χ2v) is 9.30. The van der Waals surface area contributed by atoms with Gasteiger partial charge in [-0.15, -0.1) is 0 Å². The molecular weight excluding hydrogens is 404 g/mol. The van der Waals surface area contributed by atoms with Gasteiger partial charge in [0.15, 0.2) is 5.69 Å². The Balaban J connectivity index is 1.25. The van der Waals surface area contributed by atoms with Crippen LogP contribution < -0.4 is 0 Å². The van der Waals surface area contributed by atoms with Gasteiger partial charge in [-0.05, 0) is 69.8 Å². The standard InChI is InChI=1S/C25H30N4O3/c1-28(15-16-29-13-2-3-14-29)23(30)18-8-10-25(11-9-18)20-6-7-21(19-5-4-12-26-17-19)27-22(20)24(31)32-25/h4-7,12,17-18H,2-3,8-11,13-16H2,1H3/t18-,25-. The maximum absolute atomic E-state index is 13.0. The fourth-order valence-electron chi connectivity index (χ4n) is 5.36. The number of ether oxygens (including phenoxy) is 1. The number of fused-ring (bicyclic) bond motifs is 2. The van der Waals surface area contributed by atoms with Crippen LogP contribution in [0.4, 0.5) is 0 Å². The quantitative estimate of drug-likeness (QED) is 0.673. The van der Waals surface area contributed by atoms with Crippen LogP contribution in [0, 0.1) is 5.92 Å². The van der Waals surface area contributed by atoms with Gasteiger partial charge in [0.1, 0.15) is 5.60 Å². The van der Waals surface area contributed by atoms with Crippen molar-refractivity contribution in [3.63, 3.8) is 0 Å². The highest BCUT2D eigenvalue weighted by molar-refractivity contribution is 5.93. The van der Waals surface area contributed by atoms with Gasteiger partial charge in [0, 0.05) is 49.6 Å². The normalized spacial score (nSPS) is 25.0. The Bertz CT molecular complexity index is 996. The van der Waals surface area contributed by atoms with Crippen LogP contribution in [0.3, 0.4) is 0 Å². The van der Waals surface area contributed by atoms with Crippen molar-refractivity contribution < 1.29 is 14.3 Å². The van der Waals surface area contributed by atoms with Gasteiger partial charge < -0.3 is 14.5 Å². The van der Waals surface area contributed by atoms with Gasteiger partial charge in [-0.3, -0.25) is 9.78 Å². The van der Waals surface area contributed by atoms with E-state index in [0.29, 0.717) is 24.2 Å². The first-order valence-corrected chi connectivity index (χ1v) is 11.7. The monoisotopic (exact) mass is 434 g/mol. The second kappa shape index (κ2) is 8.62. The lowest BCUT2D eigenvalue weighted by Crippen LogP contribution is -2.41. The first-order chi connectivity index (χ1) is 15.6. The molecule has 32 heavy (non-hydrogen) atoms. The summed E-state index contributed by atoms with van der Waals surface area (Å²) in [4.78, 5) is 38.7. The zero-order chi connectivity index (χ0) is 22.1. The van der Waals surface area contributed by atoms with E-state index in [1.165, 1.54) is 12.8 Å². The van der Waals surface area contributed by atoms with Crippen molar-refractivity contribution in [2.24, 2.45) is 5.92 Å². The summed E-state index contributed by atoms with van der Waals surface area (Å²) in [5, 5.41) is 0. The fourth-order valence-corrected chi connectivity index (χ4v) is 5.36. The first-order valence-electron chi connectivity index (χ1n) is 11.7.